The lowest BCUT2D eigenvalue weighted by Gasteiger charge is -2.11. The van der Waals surface area contributed by atoms with Crippen LogP contribution in [0.5, 0.6) is 0 Å². The van der Waals surface area contributed by atoms with Gasteiger partial charge in [-0.1, -0.05) is 24.3 Å². The molecule has 0 bridgehead atoms. The smallest absolute Gasteiger partial charge is 0.0793 e. The highest BCUT2D eigenvalue weighted by atomic mass is 16.5. The van der Waals surface area contributed by atoms with E-state index < -0.39 is 6.10 Å². The van der Waals surface area contributed by atoms with Crippen molar-refractivity contribution in [3.8, 4) is 0 Å². The van der Waals surface area contributed by atoms with Crippen LogP contribution in [0, 0.1) is 0 Å². The van der Waals surface area contributed by atoms with Gasteiger partial charge < -0.3 is 9.84 Å². The van der Waals surface area contributed by atoms with E-state index in [1.807, 2.05) is 42.1 Å². The monoisotopic (exact) mass is 260 g/mol. The summed E-state index contributed by atoms with van der Waals surface area (Å²) in [4.78, 5) is 0. The fourth-order valence-corrected chi connectivity index (χ4v) is 2.10. The lowest BCUT2D eigenvalue weighted by atomic mass is 10.0. The van der Waals surface area contributed by atoms with Gasteiger partial charge in [0.2, 0.25) is 0 Å². The molecule has 2 rings (SSSR count). The Kier molecular flexibility index (Phi) is 4.71. The Bertz CT molecular complexity index is 505. The number of rotatable bonds is 6. The van der Waals surface area contributed by atoms with E-state index in [1.54, 1.807) is 13.3 Å². The molecule has 2 aromatic rings. The zero-order chi connectivity index (χ0) is 13.7. The predicted octanol–water partition coefficient (Wildman–Crippen LogP) is 2.23. The van der Waals surface area contributed by atoms with Crippen LogP contribution >= 0.6 is 0 Å². The fraction of sp³-hybridized carbons (Fsp3) is 0.400. The van der Waals surface area contributed by atoms with Crippen LogP contribution in [0.1, 0.15) is 29.3 Å². The molecule has 0 aliphatic rings. The third kappa shape index (κ3) is 3.66. The van der Waals surface area contributed by atoms with E-state index >= 15 is 0 Å². The Labute approximate surface area is 113 Å². The summed E-state index contributed by atoms with van der Waals surface area (Å²) in [6.07, 6.45) is 2.86. The van der Waals surface area contributed by atoms with E-state index in [0.717, 1.165) is 23.2 Å². The molecule has 0 amide bonds. The highest BCUT2D eigenvalue weighted by Gasteiger charge is 2.09. The maximum atomic E-state index is 10.2. The Morgan fingerprint density at radius 2 is 2.00 bits per heavy atom. The second kappa shape index (κ2) is 6.50. The maximum Gasteiger partial charge on any atom is 0.0793 e. The van der Waals surface area contributed by atoms with Gasteiger partial charge in [0.15, 0.2) is 0 Å². The van der Waals surface area contributed by atoms with Crippen LogP contribution in [0.4, 0.5) is 0 Å². The number of ether oxygens (including phenoxy) is 1. The van der Waals surface area contributed by atoms with Crippen molar-refractivity contribution in [1.29, 1.82) is 0 Å². The molecule has 1 atom stereocenters. The first kappa shape index (κ1) is 13.8. The molecular formula is C15H20N2O2. The standard InChI is InChI=1S/C15H20N2O2/c1-17-14(9-10-16-17)7-8-15(18)13-5-3-12(4-6-13)11-19-2/h3-6,9-10,15,18H,7-8,11H2,1-2H3. The van der Waals surface area contributed by atoms with E-state index in [0.29, 0.717) is 13.0 Å². The molecule has 0 fully saturated rings. The van der Waals surface area contributed by atoms with Crippen LogP contribution in [0.2, 0.25) is 0 Å². The molecule has 102 valence electrons. The van der Waals surface area contributed by atoms with E-state index in [4.69, 9.17) is 4.74 Å². The Balaban J connectivity index is 1.92. The average Bonchev–Trinajstić information content (AvgIpc) is 2.83. The maximum absolute atomic E-state index is 10.2. The SMILES string of the molecule is COCc1ccc(C(O)CCc2ccnn2C)cc1. The fourth-order valence-electron chi connectivity index (χ4n) is 2.10. The van der Waals surface area contributed by atoms with Gasteiger partial charge in [0.1, 0.15) is 0 Å². The van der Waals surface area contributed by atoms with Crippen LogP contribution in [0.25, 0.3) is 0 Å². The minimum atomic E-state index is -0.438. The highest BCUT2D eigenvalue weighted by molar-refractivity contribution is 5.23. The first-order valence-corrected chi connectivity index (χ1v) is 6.43. The first-order chi connectivity index (χ1) is 9.20. The Hall–Kier alpha value is -1.65. The largest absolute Gasteiger partial charge is 0.388 e. The minimum absolute atomic E-state index is 0.438. The molecule has 1 N–H and O–H groups in total. The van der Waals surface area contributed by atoms with Gasteiger partial charge in [0.05, 0.1) is 12.7 Å². The number of aryl methyl sites for hydroxylation is 2. The summed E-state index contributed by atoms with van der Waals surface area (Å²) in [6, 6.07) is 9.89. The molecule has 0 saturated heterocycles. The number of hydrogen-bond donors (Lipinski definition) is 1. The van der Waals surface area contributed by atoms with Gasteiger partial charge in [-0.15, -0.1) is 0 Å². The summed E-state index contributed by atoms with van der Waals surface area (Å²) in [5, 5.41) is 14.3. The van der Waals surface area contributed by atoms with Crippen LogP contribution in [-0.4, -0.2) is 22.0 Å². The number of benzene rings is 1. The van der Waals surface area contributed by atoms with Gasteiger partial charge in [-0.2, -0.15) is 5.10 Å². The lowest BCUT2D eigenvalue weighted by Crippen LogP contribution is -2.03. The molecule has 4 heteroatoms. The molecular weight excluding hydrogens is 240 g/mol. The van der Waals surface area contributed by atoms with E-state index in [1.165, 1.54) is 0 Å². The molecule has 0 aliphatic heterocycles. The van der Waals surface area contributed by atoms with Crippen molar-refractivity contribution >= 4 is 0 Å². The molecule has 1 aromatic heterocycles. The van der Waals surface area contributed by atoms with Gasteiger partial charge in [-0.25, -0.2) is 0 Å². The second-order valence-electron chi connectivity index (χ2n) is 4.68. The van der Waals surface area contributed by atoms with Crippen molar-refractivity contribution in [3.05, 3.63) is 53.3 Å². The zero-order valence-electron chi connectivity index (χ0n) is 11.4. The quantitative estimate of drug-likeness (QED) is 0.866. The third-order valence-electron chi connectivity index (χ3n) is 3.27. The van der Waals surface area contributed by atoms with Gasteiger partial charge in [0.25, 0.3) is 0 Å². The minimum Gasteiger partial charge on any atom is -0.388 e. The van der Waals surface area contributed by atoms with Crippen molar-refractivity contribution in [2.75, 3.05) is 7.11 Å². The first-order valence-electron chi connectivity index (χ1n) is 6.43. The van der Waals surface area contributed by atoms with Crippen molar-refractivity contribution in [1.82, 2.24) is 9.78 Å². The van der Waals surface area contributed by atoms with Gasteiger partial charge in [-0.3, -0.25) is 4.68 Å². The van der Waals surface area contributed by atoms with Crippen LogP contribution < -0.4 is 0 Å². The summed E-state index contributed by atoms with van der Waals surface area (Å²) in [7, 11) is 3.60. The van der Waals surface area contributed by atoms with Crippen molar-refractivity contribution in [3.63, 3.8) is 0 Å². The summed E-state index contributed by atoms with van der Waals surface area (Å²) in [5.74, 6) is 0. The number of nitrogens with zero attached hydrogens (tertiary/aromatic N) is 2. The van der Waals surface area contributed by atoms with E-state index in [-0.39, 0.29) is 0 Å². The molecule has 1 unspecified atom stereocenters. The Morgan fingerprint density at radius 3 is 2.58 bits per heavy atom. The van der Waals surface area contributed by atoms with Gasteiger partial charge in [-0.05, 0) is 30.0 Å². The van der Waals surface area contributed by atoms with E-state index in [9.17, 15) is 5.11 Å². The summed E-state index contributed by atoms with van der Waals surface area (Å²) in [6.45, 7) is 0.603. The molecule has 4 nitrogen and oxygen atoms in total. The topological polar surface area (TPSA) is 47.3 Å². The second-order valence-corrected chi connectivity index (χ2v) is 4.68. The lowest BCUT2D eigenvalue weighted by molar-refractivity contribution is 0.166. The molecule has 1 aromatic carbocycles. The van der Waals surface area contributed by atoms with Gasteiger partial charge in [0, 0.05) is 26.0 Å². The normalized spacial score (nSPS) is 12.6. The van der Waals surface area contributed by atoms with Crippen molar-refractivity contribution in [2.24, 2.45) is 7.05 Å². The number of aromatic nitrogens is 2. The summed E-state index contributed by atoms with van der Waals surface area (Å²) in [5.41, 5.74) is 3.20. The van der Waals surface area contributed by atoms with Crippen LogP contribution in [-0.2, 0) is 24.8 Å². The number of hydrogen-bond acceptors (Lipinski definition) is 3. The summed E-state index contributed by atoms with van der Waals surface area (Å²) >= 11 is 0. The third-order valence-corrected chi connectivity index (χ3v) is 3.27. The van der Waals surface area contributed by atoms with E-state index in [2.05, 4.69) is 5.10 Å². The van der Waals surface area contributed by atoms with Crippen molar-refractivity contribution in [2.45, 2.75) is 25.6 Å². The van der Waals surface area contributed by atoms with Gasteiger partial charge >= 0.3 is 0 Å². The molecule has 0 spiro atoms. The highest BCUT2D eigenvalue weighted by Crippen LogP contribution is 2.19. The zero-order valence-corrected chi connectivity index (χ0v) is 11.4. The summed E-state index contributed by atoms with van der Waals surface area (Å²) < 4.78 is 6.91. The number of aliphatic hydroxyl groups is 1. The average molecular weight is 260 g/mol. The molecule has 0 radical (unpaired) electrons. The van der Waals surface area contributed by atoms with Crippen molar-refractivity contribution < 1.29 is 9.84 Å². The molecule has 1 heterocycles. The Morgan fingerprint density at radius 1 is 1.26 bits per heavy atom. The number of methoxy groups -OCH3 is 1. The molecule has 0 saturated carbocycles. The van der Waals surface area contributed by atoms with Crippen LogP contribution in [0.3, 0.4) is 0 Å². The van der Waals surface area contributed by atoms with Crippen LogP contribution in [0.15, 0.2) is 36.5 Å². The molecule has 0 aliphatic carbocycles. The number of aliphatic hydroxyl groups excluding tert-OH is 1. The molecule has 19 heavy (non-hydrogen) atoms. The predicted molar refractivity (Wildman–Crippen MR) is 73.6 cm³/mol.